The minimum Gasteiger partial charge on any atom is -0.493 e. The lowest BCUT2D eigenvalue weighted by Gasteiger charge is -2.14. The number of hydrogen-bond acceptors (Lipinski definition) is 4. The highest BCUT2D eigenvalue weighted by molar-refractivity contribution is 5.44. The van der Waals surface area contributed by atoms with E-state index < -0.39 is 0 Å². The summed E-state index contributed by atoms with van der Waals surface area (Å²) in [5.74, 6) is 0.838. The maximum atomic E-state index is 12.9. The van der Waals surface area contributed by atoms with Crippen LogP contribution in [0.4, 0.5) is 4.39 Å². The molecule has 2 aromatic carbocycles. The summed E-state index contributed by atoms with van der Waals surface area (Å²) >= 11 is 0. The van der Waals surface area contributed by atoms with Crippen molar-refractivity contribution in [2.24, 2.45) is 5.73 Å². The van der Waals surface area contributed by atoms with Gasteiger partial charge >= 0.3 is 0 Å². The average molecular weight is 300 g/mol. The minimum atomic E-state index is -0.356. The first-order chi connectivity index (χ1) is 10.6. The molecule has 114 valence electrons. The summed E-state index contributed by atoms with van der Waals surface area (Å²) in [6.45, 7) is 0.306. The zero-order valence-corrected chi connectivity index (χ0v) is 12.3. The summed E-state index contributed by atoms with van der Waals surface area (Å²) in [5, 5.41) is 8.70. The molecule has 2 rings (SSSR count). The highest BCUT2D eigenvalue weighted by Crippen LogP contribution is 2.31. The number of methoxy groups -OCH3 is 1. The van der Waals surface area contributed by atoms with E-state index in [2.05, 4.69) is 0 Å². The van der Waals surface area contributed by atoms with Crippen LogP contribution in [0.3, 0.4) is 0 Å². The molecule has 0 heterocycles. The van der Waals surface area contributed by atoms with E-state index in [1.165, 1.54) is 12.1 Å². The van der Waals surface area contributed by atoms with Gasteiger partial charge in [0.1, 0.15) is 12.4 Å². The fraction of sp³-hybridized carbons (Fsp3) is 0.235. The summed E-state index contributed by atoms with van der Waals surface area (Å²) in [5.41, 5.74) is 7.57. The van der Waals surface area contributed by atoms with E-state index in [9.17, 15) is 4.39 Å². The highest BCUT2D eigenvalue weighted by Gasteiger charge is 2.11. The van der Waals surface area contributed by atoms with E-state index in [1.54, 1.807) is 31.4 Å². The van der Waals surface area contributed by atoms with Gasteiger partial charge in [0, 0.05) is 6.04 Å². The molecule has 22 heavy (non-hydrogen) atoms. The third-order valence-electron chi connectivity index (χ3n) is 3.23. The largest absolute Gasteiger partial charge is 0.493 e. The second-order valence-corrected chi connectivity index (χ2v) is 4.79. The first kappa shape index (κ1) is 15.8. The molecule has 0 aromatic heterocycles. The van der Waals surface area contributed by atoms with Gasteiger partial charge in [-0.2, -0.15) is 5.26 Å². The number of halogens is 1. The fourth-order valence-corrected chi connectivity index (χ4v) is 1.99. The first-order valence-electron chi connectivity index (χ1n) is 6.81. The number of hydrogen-bond donors (Lipinski definition) is 1. The molecule has 0 radical (unpaired) electrons. The molecule has 4 nitrogen and oxygen atoms in total. The summed E-state index contributed by atoms with van der Waals surface area (Å²) in [6, 6.07) is 13.1. The molecule has 0 aliphatic carbocycles. The monoisotopic (exact) mass is 300 g/mol. The number of rotatable bonds is 6. The molecule has 5 heteroatoms. The standard InChI is InChI=1S/C17H17FN2O2/c1-21-17-10-13(15(20)8-9-19)4-7-16(17)22-11-12-2-5-14(18)6-3-12/h2-7,10,15H,8,11,20H2,1H3/t15-/m1/s1. The maximum Gasteiger partial charge on any atom is 0.161 e. The molecular formula is C17H17FN2O2. The van der Waals surface area contributed by atoms with E-state index >= 15 is 0 Å². The quantitative estimate of drug-likeness (QED) is 0.888. The second kappa shape index (κ2) is 7.43. The van der Waals surface area contributed by atoms with Crippen LogP contribution in [-0.4, -0.2) is 7.11 Å². The second-order valence-electron chi connectivity index (χ2n) is 4.79. The maximum absolute atomic E-state index is 12.9. The fourth-order valence-electron chi connectivity index (χ4n) is 1.99. The van der Waals surface area contributed by atoms with Crippen LogP contribution in [0.2, 0.25) is 0 Å². The predicted octanol–water partition coefficient (Wildman–Crippen LogP) is 3.33. The van der Waals surface area contributed by atoms with Crippen molar-refractivity contribution in [3.63, 3.8) is 0 Å². The number of nitrogens with zero attached hydrogens (tertiary/aromatic N) is 1. The molecule has 0 bridgehead atoms. The SMILES string of the molecule is COc1cc([C@H](N)CC#N)ccc1OCc1ccc(F)cc1. The van der Waals surface area contributed by atoms with Gasteiger partial charge in [-0.3, -0.25) is 0 Å². The Hall–Kier alpha value is -2.58. The molecule has 0 fully saturated rings. The van der Waals surface area contributed by atoms with Crippen molar-refractivity contribution in [1.82, 2.24) is 0 Å². The smallest absolute Gasteiger partial charge is 0.161 e. The minimum absolute atomic E-state index is 0.235. The lowest BCUT2D eigenvalue weighted by molar-refractivity contribution is 0.284. The topological polar surface area (TPSA) is 68.3 Å². The normalized spacial score (nSPS) is 11.5. The van der Waals surface area contributed by atoms with Crippen LogP contribution in [0.25, 0.3) is 0 Å². The summed E-state index contributed by atoms with van der Waals surface area (Å²) < 4.78 is 23.8. The highest BCUT2D eigenvalue weighted by atomic mass is 19.1. The Kier molecular flexibility index (Phi) is 5.34. The Bertz CT molecular complexity index is 665. The molecule has 0 unspecified atom stereocenters. The Morgan fingerprint density at radius 2 is 1.91 bits per heavy atom. The third-order valence-corrected chi connectivity index (χ3v) is 3.23. The predicted molar refractivity (Wildman–Crippen MR) is 80.9 cm³/mol. The number of benzene rings is 2. The Labute approximate surface area is 128 Å². The Balaban J connectivity index is 2.10. The van der Waals surface area contributed by atoms with Crippen molar-refractivity contribution >= 4 is 0 Å². The molecule has 2 N–H and O–H groups in total. The van der Waals surface area contributed by atoms with Gasteiger partial charge in [-0.15, -0.1) is 0 Å². The zero-order valence-electron chi connectivity index (χ0n) is 12.3. The number of ether oxygens (including phenoxy) is 2. The zero-order chi connectivity index (χ0) is 15.9. The van der Waals surface area contributed by atoms with E-state index in [1.807, 2.05) is 12.1 Å². The van der Waals surface area contributed by atoms with Crippen LogP contribution in [-0.2, 0) is 6.61 Å². The van der Waals surface area contributed by atoms with Crippen LogP contribution in [0, 0.1) is 17.1 Å². The number of nitriles is 1. The summed E-state index contributed by atoms with van der Waals surface area (Å²) in [6.07, 6.45) is 0.235. The van der Waals surface area contributed by atoms with Crippen molar-refractivity contribution < 1.29 is 13.9 Å². The van der Waals surface area contributed by atoms with Gasteiger partial charge in [0.25, 0.3) is 0 Å². The van der Waals surface area contributed by atoms with Crippen molar-refractivity contribution in [1.29, 1.82) is 5.26 Å². The van der Waals surface area contributed by atoms with E-state index in [-0.39, 0.29) is 18.3 Å². The van der Waals surface area contributed by atoms with Gasteiger partial charge in [-0.25, -0.2) is 4.39 Å². The van der Waals surface area contributed by atoms with Gasteiger partial charge in [0.2, 0.25) is 0 Å². The van der Waals surface area contributed by atoms with Crippen molar-refractivity contribution in [3.8, 4) is 17.6 Å². The molecular weight excluding hydrogens is 283 g/mol. The van der Waals surface area contributed by atoms with Crippen LogP contribution < -0.4 is 15.2 Å². The first-order valence-corrected chi connectivity index (χ1v) is 6.81. The van der Waals surface area contributed by atoms with Crippen molar-refractivity contribution in [3.05, 3.63) is 59.4 Å². The molecule has 0 aliphatic rings. The van der Waals surface area contributed by atoms with Gasteiger partial charge in [0.05, 0.1) is 19.6 Å². The van der Waals surface area contributed by atoms with E-state index in [0.717, 1.165) is 11.1 Å². The molecule has 0 amide bonds. The van der Waals surface area contributed by atoms with Gasteiger partial charge < -0.3 is 15.2 Å². The van der Waals surface area contributed by atoms with Gasteiger partial charge in [-0.05, 0) is 35.4 Å². The van der Waals surface area contributed by atoms with E-state index in [4.69, 9.17) is 20.5 Å². The van der Waals surface area contributed by atoms with Crippen molar-refractivity contribution in [2.45, 2.75) is 19.1 Å². The molecule has 1 atom stereocenters. The Morgan fingerprint density at radius 3 is 2.55 bits per heavy atom. The van der Waals surface area contributed by atoms with Gasteiger partial charge in [0.15, 0.2) is 11.5 Å². The molecule has 2 aromatic rings. The van der Waals surface area contributed by atoms with Crippen LogP contribution in [0.5, 0.6) is 11.5 Å². The number of nitrogens with two attached hydrogens (primary N) is 1. The van der Waals surface area contributed by atoms with Crippen LogP contribution >= 0.6 is 0 Å². The van der Waals surface area contributed by atoms with Gasteiger partial charge in [-0.1, -0.05) is 18.2 Å². The van der Waals surface area contributed by atoms with Crippen LogP contribution in [0.15, 0.2) is 42.5 Å². The lowest BCUT2D eigenvalue weighted by Crippen LogP contribution is -2.09. The van der Waals surface area contributed by atoms with Crippen molar-refractivity contribution in [2.75, 3.05) is 7.11 Å². The van der Waals surface area contributed by atoms with E-state index in [0.29, 0.717) is 18.1 Å². The average Bonchev–Trinajstić information content (AvgIpc) is 2.54. The molecule has 0 aliphatic heterocycles. The molecule has 0 saturated heterocycles. The summed E-state index contributed by atoms with van der Waals surface area (Å²) in [7, 11) is 1.54. The lowest BCUT2D eigenvalue weighted by atomic mass is 10.0. The van der Waals surface area contributed by atoms with Crippen LogP contribution in [0.1, 0.15) is 23.6 Å². The summed E-state index contributed by atoms with van der Waals surface area (Å²) in [4.78, 5) is 0. The molecule has 0 spiro atoms. The third kappa shape index (κ3) is 3.96. The Morgan fingerprint density at radius 1 is 1.18 bits per heavy atom. The molecule has 0 saturated carbocycles.